The van der Waals surface area contributed by atoms with Gasteiger partial charge in [0.1, 0.15) is 0 Å². The molecule has 0 aliphatic rings. The van der Waals surface area contributed by atoms with Crippen LogP contribution in [-0.4, -0.2) is 7.05 Å². The molecule has 15 heavy (non-hydrogen) atoms. The zero-order valence-corrected chi connectivity index (χ0v) is 8.59. The van der Waals surface area contributed by atoms with Gasteiger partial charge in [-0.05, 0) is 23.3 Å². The van der Waals surface area contributed by atoms with E-state index in [1.165, 1.54) is 11.1 Å². The third-order valence-corrected chi connectivity index (χ3v) is 2.17. The van der Waals surface area contributed by atoms with Crippen molar-refractivity contribution < 1.29 is 0 Å². The van der Waals surface area contributed by atoms with Crippen LogP contribution in [0.4, 0.5) is 5.69 Å². The first-order valence-corrected chi connectivity index (χ1v) is 4.85. The zero-order valence-electron chi connectivity index (χ0n) is 8.59. The highest BCUT2D eigenvalue weighted by molar-refractivity contribution is 5.66. The second-order valence-corrected chi connectivity index (χ2v) is 3.22. The summed E-state index contributed by atoms with van der Waals surface area (Å²) in [6, 6.07) is 18.3. The van der Waals surface area contributed by atoms with E-state index in [4.69, 9.17) is 0 Å². The number of rotatable bonds is 2. The summed E-state index contributed by atoms with van der Waals surface area (Å²) < 4.78 is 0. The average molecular weight is 196 g/mol. The first-order chi connectivity index (χ1) is 7.40. The summed E-state index contributed by atoms with van der Waals surface area (Å²) in [6.45, 7) is 0. The molecule has 0 amide bonds. The van der Waals surface area contributed by atoms with Gasteiger partial charge in [0.2, 0.25) is 0 Å². The van der Waals surface area contributed by atoms with E-state index in [-0.39, 0.29) is 0 Å². The van der Waals surface area contributed by atoms with Crippen molar-refractivity contribution >= 4 is 5.69 Å². The van der Waals surface area contributed by atoms with Crippen molar-refractivity contribution in [3.8, 4) is 11.1 Å². The fourth-order valence-corrected chi connectivity index (χ4v) is 1.49. The summed E-state index contributed by atoms with van der Waals surface area (Å²) in [4.78, 5) is 0. The molecule has 0 spiro atoms. The number of hydrogen-bond donors (Lipinski definition) is 0. The smallest absolute Gasteiger partial charge is 0.0858 e. The number of hydrogen-bond acceptors (Lipinski definition) is 2. The molecule has 2 aromatic rings. The molecule has 0 radical (unpaired) electrons. The van der Waals surface area contributed by atoms with E-state index in [0.717, 1.165) is 5.69 Å². The molecule has 74 valence electrons. The Hall–Kier alpha value is -1.96. The Morgan fingerprint density at radius 1 is 0.800 bits per heavy atom. The molecule has 2 heteroatoms. The SMILES string of the molecule is C/N=N/c1cccc(-c2ccccc2)c1. The van der Waals surface area contributed by atoms with E-state index in [2.05, 4.69) is 28.4 Å². The van der Waals surface area contributed by atoms with Gasteiger partial charge in [-0.1, -0.05) is 42.5 Å². The molecule has 0 saturated heterocycles. The van der Waals surface area contributed by atoms with Gasteiger partial charge in [-0.2, -0.15) is 10.2 Å². The van der Waals surface area contributed by atoms with Crippen molar-refractivity contribution in [1.82, 2.24) is 0 Å². The lowest BCUT2D eigenvalue weighted by atomic mass is 10.1. The standard InChI is InChI=1S/C13H12N2/c1-14-15-13-9-5-8-12(10-13)11-6-3-2-4-7-11/h2-10H,1H3/b15-14+. The topological polar surface area (TPSA) is 24.7 Å². The highest BCUT2D eigenvalue weighted by Crippen LogP contribution is 2.23. The Labute approximate surface area is 89.3 Å². The van der Waals surface area contributed by atoms with Gasteiger partial charge < -0.3 is 0 Å². The van der Waals surface area contributed by atoms with Gasteiger partial charge in [-0.3, -0.25) is 0 Å². The molecular formula is C13H12N2. The Balaban J connectivity index is 2.41. The molecule has 0 N–H and O–H groups in total. The summed E-state index contributed by atoms with van der Waals surface area (Å²) in [6.07, 6.45) is 0. The van der Waals surface area contributed by atoms with Crippen LogP contribution in [0.2, 0.25) is 0 Å². The lowest BCUT2D eigenvalue weighted by Gasteiger charge is -2.01. The van der Waals surface area contributed by atoms with Crippen molar-refractivity contribution in [1.29, 1.82) is 0 Å². The molecular weight excluding hydrogens is 184 g/mol. The Morgan fingerprint density at radius 3 is 2.27 bits per heavy atom. The maximum absolute atomic E-state index is 4.02. The van der Waals surface area contributed by atoms with Crippen molar-refractivity contribution in [2.45, 2.75) is 0 Å². The average Bonchev–Trinajstić information content (AvgIpc) is 2.31. The first-order valence-electron chi connectivity index (χ1n) is 4.85. The molecule has 0 atom stereocenters. The molecule has 0 unspecified atom stereocenters. The van der Waals surface area contributed by atoms with Crippen LogP contribution < -0.4 is 0 Å². The van der Waals surface area contributed by atoms with Gasteiger partial charge in [0.05, 0.1) is 5.69 Å². The van der Waals surface area contributed by atoms with Crippen LogP contribution in [0, 0.1) is 0 Å². The monoisotopic (exact) mass is 196 g/mol. The van der Waals surface area contributed by atoms with Gasteiger partial charge in [0, 0.05) is 7.05 Å². The Kier molecular flexibility index (Phi) is 2.88. The lowest BCUT2D eigenvalue weighted by Crippen LogP contribution is -1.75. The number of azo groups is 1. The van der Waals surface area contributed by atoms with Crippen molar-refractivity contribution in [3.63, 3.8) is 0 Å². The molecule has 0 fully saturated rings. The quantitative estimate of drug-likeness (QED) is 0.647. The Morgan fingerprint density at radius 2 is 1.53 bits per heavy atom. The zero-order chi connectivity index (χ0) is 10.5. The van der Waals surface area contributed by atoms with E-state index < -0.39 is 0 Å². The van der Waals surface area contributed by atoms with Crippen LogP contribution in [0.1, 0.15) is 0 Å². The second kappa shape index (κ2) is 4.51. The predicted molar refractivity (Wildman–Crippen MR) is 62.3 cm³/mol. The molecule has 0 aliphatic carbocycles. The van der Waals surface area contributed by atoms with Gasteiger partial charge in [-0.25, -0.2) is 0 Å². The summed E-state index contributed by atoms with van der Waals surface area (Å²) in [7, 11) is 1.68. The molecule has 0 aromatic heterocycles. The summed E-state index contributed by atoms with van der Waals surface area (Å²) in [5, 5.41) is 7.78. The minimum absolute atomic E-state index is 0.888. The van der Waals surface area contributed by atoms with Crippen LogP contribution in [-0.2, 0) is 0 Å². The summed E-state index contributed by atoms with van der Waals surface area (Å²) in [5.41, 5.74) is 3.25. The van der Waals surface area contributed by atoms with Crippen LogP contribution in [0.25, 0.3) is 11.1 Å². The van der Waals surface area contributed by atoms with E-state index in [0.29, 0.717) is 0 Å². The summed E-state index contributed by atoms with van der Waals surface area (Å²) in [5.74, 6) is 0. The van der Waals surface area contributed by atoms with E-state index in [1.807, 2.05) is 36.4 Å². The van der Waals surface area contributed by atoms with Crippen LogP contribution in [0.3, 0.4) is 0 Å². The molecule has 0 aliphatic heterocycles. The van der Waals surface area contributed by atoms with Gasteiger partial charge in [0.15, 0.2) is 0 Å². The van der Waals surface area contributed by atoms with Crippen LogP contribution in [0.15, 0.2) is 64.8 Å². The third kappa shape index (κ3) is 2.29. The van der Waals surface area contributed by atoms with Crippen LogP contribution >= 0.6 is 0 Å². The van der Waals surface area contributed by atoms with E-state index in [9.17, 15) is 0 Å². The van der Waals surface area contributed by atoms with Crippen molar-refractivity contribution in [3.05, 3.63) is 54.6 Å². The van der Waals surface area contributed by atoms with Crippen molar-refractivity contribution in [2.24, 2.45) is 10.2 Å². The van der Waals surface area contributed by atoms with Crippen molar-refractivity contribution in [2.75, 3.05) is 7.05 Å². The maximum atomic E-state index is 4.02. The minimum Gasteiger partial charge on any atom is -0.192 e. The largest absolute Gasteiger partial charge is 0.192 e. The number of benzene rings is 2. The molecule has 0 saturated carbocycles. The predicted octanol–water partition coefficient (Wildman–Crippen LogP) is 4.07. The van der Waals surface area contributed by atoms with Gasteiger partial charge in [-0.15, -0.1) is 0 Å². The highest BCUT2D eigenvalue weighted by atomic mass is 15.1. The molecule has 2 rings (SSSR count). The molecule has 0 bridgehead atoms. The molecule has 0 heterocycles. The Bertz CT molecular complexity index is 461. The fourth-order valence-electron chi connectivity index (χ4n) is 1.49. The van der Waals surface area contributed by atoms with E-state index >= 15 is 0 Å². The normalized spacial score (nSPS) is 10.7. The summed E-state index contributed by atoms with van der Waals surface area (Å²) >= 11 is 0. The third-order valence-electron chi connectivity index (χ3n) is 2.17. The fraction of sp³-hybridized carbons (Fsp3) is 0.0769. The maximum Gasteiger partial charge on any atom is 0.0858 e. The molecule has 2 aromatic carbocycles. The van der Waals surface area contributed by atoms with Gasteiger partial charge in [0.25, 0.3) is 0 Å². The van der Waals surface area contributed by atoms with E-state index in [1.54, 1.807) is 7.05 Å². The lowest BCUT2D eigenvalue weighted by molar-refractivity contribution is 1.17. The highest BCUT2D eigenvalue weighted by Gasteiger charge is 1.96. The number of nitrogens with zero attached hydrogens (tertiary/aromatic N) is 2. The molecule has 2 nitrogen and oxygen atoms in total. The van der Waals surface area contributed by atoms with Gasteiger partial charge >= 0.3 is 0 Å². The second-order valence-electron chi connectivity index (χ2n) is 3.22. The van der Waals surface area contributed by atoms with Crippen LogP contribution in [0.5, 0.6) is 0 Å². The first kappa shape index (κ1) is 9.59. The minimum atomic E-state index is 0.888.